The molecule has 0 bridgehead atoms. The molecule has 1 N–H and O–H groups in total. The number of ether oxygens (including phenoxy) is 1. The summed E-state index contributed by atoms with van der Waals surface area (Å²) in [4.78, 5) is 25.5. The number of piperidine rings is 1. The number of rotatable bonds is 5. The van der Waals surface area contributed by atoms with Crippen molar-refractivity contribution in [1.29, 1.82) is 0 Å². The van der Waals surface area contributed by atoms with Gasteiger partial charge in [-0.25, -0.2) is 0 Å². The number of likely N-dealkylation sites (tertiary alicyclic amines) is 1. The Morgan fingerprint density at radius 3 is 2.36 bits per heavy atom. The Kier molecular flexibility index (Phi) is 5.84. The third-order valence-electron chi connectivity index (χ3n) is 5.44. The number of amides is 1. The molecule has 126 valence electrons. The monoisotopic (exact) mass is 311 g/mol. The van der Waals surface area contributed by atoms with E-state index in [1.807, 2.05) is 4.90 Å². The van der Waals surface area contributed by atoms with E-state index < -0.39 is 5.97 Å². The zero-order valence-corrected chi connectivity index (χ0v) is 14.0. The summed E-state index contributed by atoms with van der Waals surface area (Å²) in [7, 11) is 0. The fourth-order valence-electron chi connectivity index (χ4n) is 3.46. The lowest BCUT2D eigenvalue weighted by atomic mass is 9.84. The Morgan fingerprint density at radius 2 is 1.82 bits per heavy atom. The zero-order valence-electron chi connectivity index (χ0n) is 14.0. The number of aliphatic carboxylic acids is 1. The van der Waals surface area contributed by atoms with E-state index in [1.165, 1.54) is 0 Å². The molecule has 0 saturated carbocycles. The average Bonchev–Trinajstić information content (AvgIpc) is 2.96. The Balaban J connectivity index is 1.83. The van der Waals surface area contributed by atoms with Crippen LogP contribution in [0.1, 0.15) is 46.5 Å². The third kappa shape index (κ3) is 4.00. The summed E-state index contributed by atoms with van der Waals surface area (Å²) >= 11 is 0. The minimum Gasteiger partial charge on any atom is -0.481 e. The van der Waals surface area contributed by atoms with Crippen LogP contribution in [-0.4, -0.2) is 47.7 Å². The smallest absolute Gasteiger partial charge is 0.309 e. The van der Waals surface area contributed by atoms with Crippen molar-refractivity contribution >= 4 is 11.9 Å². The summed E-state index contributed by atoms with van der Waals surface area (Å²) in [6.07, 6.45) is 2.78. The highest BCUT2D eigenvalue weighted by Crippen LogP contribution is 2.33. The van der Waals surface area contributed by atoms with Crippen LogP contribution in [-0.2, 0) is 14.3 Å². The Morgan fingerprint density at radius 1 is 1.18 bits per heavy atom. The Bertz CT molecular complexity index is 401. The van der Waals surface area contributed by atoms with Crippen molar-refractivity contribution in [3.05, 3.63) is 0 Å². The fourth-order valence-corrected chi connectivity index (χ4v) is 3.46. The number of hydrogen-bond donors (Lipinski definition) is 1. The van der Waals surface area contributed by atoms with Crippen molar-refractivity contribution in [2.75, 3.05) is 19.7 Å². The molecule has 2 saturated heterocycles. The van der Waals surface area contributed by atoms with Crippen LogP contribution in [0.4, 0.5) is 0 Å². The molecular weight excluding hydrogens is 282 g/mol. The minimum absolute atomic E-state index is 0.163. The first kappa shape index (κ1) is 17.3. The quantitative estimate of drug-likeness (QED) is 0.846. The maximum atomic E-state index is 12.3. The Labute approximate surface area is 133 Å². The van der Waals surface area contributed by atoms with E-state index in [2.05, 4.69) is 20.8 Å². The lowest BCUT2D eigenvalue weighted by molar-refractivity contribution is -0.146. The average molecular weight is 311 g/mol. The topological polar surface area (TPSA) is 66.8 Å². The highest BCUT2D eigenvalue weighted by atomic mass is 16.5. The van der Waals surface area contributed by atoms with Crippen LogP contribution in [0.25, 0.3) is 0 Å². The zero-order chi connectivity index (χ0) is 16.3. The lowest BCUT2D eigenvalue weighted by Gasteiger charge is -2.36. The van der Waals surface area contributed by atoms with Gasteiger partial charge in [0, 0.05) is 26.1 Å². The van der Waals surface area contributed by atoms with E-state index in [1.54, 1.807) is 0 Å². The van der Waals surface area contributed by atoms with Crippen LogP contribution < -0.4 is 0 Å². The van der Waals surface area contributed by atoms with E-state index in [0.717, 1.165) is 25.9 Å². The first-order chi connectivity index (χ1) is 10.4. The number of nitrogens with zero attached hydrogens (tertiary/aromatic N) is 1. The largest absolute Gasteiger partial charge is 0.481 e. The summed E-state index contributed by atoms with van der Waals surface area (Å²) < 4.78 is 5.67. The number of carbonyl (C=O) groups is 2. The molecule has 5 heteroatoms. The molecule has 3 atom stereocenters. The number of hydrogen-bond acceptors (Lipinski definition) is 3. The summed E-state index contributed by atoms with van der Waals surface area (Å²) in [5.74, 6) is 0.321. The van der Waals surface area contributed by atoms with Crippen molar-refractivity contribution in [2.45, 2.75) is 52.6 Å². The van der Waals surface area contributed by atoms with Crippen LogP contribution in [0.2, 0.25) is 0 Å². The molecule has 5 nitrogen and oxygen atoms in total. The normalized spacial score (nSPS) is 28.1. The van der Waals surface area contributed by atoms with Crippen molar-refractivity contribution in [3.63, 3.8) is 0 Å². The molecule has 0 aromatic rings. The molecule has 2 aliphatic rings. The molecule has 2 aliphatic heterocycles. The van der Waals surface area contributed by atoms with Crippen LogP contribution in [0.15, 0.2) is 0 Å². The molecule has 0 radical (unpaired) electrons. The summed E-state index contributed by atoms with van der Waals surface area (Å²) in [5.41, 5.74) is 0. The van der Waals surface area contributed by atoms with Crippen molar-refractivity contribution < 1.29 is 19.4 Å². The van der Waals surface area contributed by atoms with Gasteiger partial charge in [-0.15, -0.1) is 0 Å². The first-order valence-corrected chi connectivity index (χ1v) is 8.52. The van der Waals surface area contributed by atoms with Crippen molar-refractivity contribution in [2.24, 2.45) is 23.7 Å². The molecule has 2 rings (SSSR count). The summed E-state index contributed by atoms with van der Waals surface area (Å²) in [6, 6.07) is 0. The molecule has 0 spiro atoms. The molecule has 0 aliphatic carbocycles. The van der Waals surface area contributed by atoms with E-state index in [4.69, 9.17) is 4.74 Å². The van der Waals surface area contributed by atoms with Gasteiger partial charge in [0.25, 0.3) is 0 Å². The van der Waals surface area contributed by atoms with Gasteiger partial charge in [0.1, 0.15) is 0 Å². The van der Waals surface area contributed by atoms with Crippen LogP contribution in [0, 0.1) is 23.7 Å². The molecule has 2 unspecified atom stereocenters. The van der Waals surface area contributed by atoms with Gasteiger partial charge in [0.05, 0.1) is 12.0 Å². The van der Waals surface area contributed by atoms with Gasteiger partial charge < -0.3 is 14.7 Å². The van der Waals surface area contributed by atoms with E-state index in [9.17, 15) is 14.7 Å². The maximum Gasteiger partial charge on any atom is 0.309 e. The second-order valence-electron chi connectivity index (χ2n) is 7.21. The van der Waals surface area contributed by atoms with Gasteiger partial charge in [0.2, 0.25) is 5.91 Å². The standard InChI is InChI=1S/C17H29NO4/c1-11(2)12(3)10-15(19)18-7-4-13(5-8-18)16-14(17(20)21)6-9-22-16/h11-14,16H,4-10H2,1-3H3,(H,20,21)/t12?,14?,16-/m0/s1. The Hall–Kier alpha value is -1.10. The van der Waals surface area contributed by atoms with Crippen LogP contribution in [0.5, 0.6) is 0 Å². The summed E-state index contributed by atoms with van der Waals surface area (Å²) in [6.45, 7) is 8.44. The maximum absolute atomic E-state index is 12.3. The highest BCUT2D eigenvalue weighted by molar-refractivity contribution is 5.76. The van der Waals surface area contributed by atoms with Gasteiger partial charge in [-0.2, -0.15) is 0 Å². The van der Waals surface area contributed by atoms with Crippen molar-refractivity contribution in [1.82, 2.24) is 4.90 Å². The molecule has 1 amide bonds. The molecule has 2 fully saturated rings. The highest BCUT2D eigenvalue weighted by Gasteiger charge is 2.40. The number of carbonyl (C=O) groups excluding carboxylic acids is 1. The lowest BCUT2D eigenvalue weighted by Crippen LogP contribution is -2.43. The van der Waals surface area contributed by atoms with E-state index in [0.29, 0.717) is 31.3 Å². The van der Waals surface area contributed by atoms with E-state index in [-0.39, 0.29) is 23.8 Å². The number of carboxylic acids is 1. The van der Waals surface area contributed by atoms with Crippen LogP contribution >= 0.6 is 0 Å². The second-order valence-corrected chi connectivity index (χ2v) is 7.21. The molecular formula is C17H29NO4. The molecule has 0 aromatic carbocycles. The predicted molar refractivity (Wildman–Crippen MR) is 83.4 cm³/mol. The number of carboxylic acid groups (broad SMARTS) is 1. The van der Waals surface area contributed by atoms with Gasteiger partial charge in [-0.3, -0.25) is 9.59 Å². The minimum atomic E-state index is -0.744. The van der Waals surface area contributed by atoms with Gasteiger partial charge in [-0.05, 0) is 37.0 Å². The summed E-state index contributed by atoms with van der Waals surface area (Å²) in [5, 5.41) is 9.26. The van der Waals surface area contributed by atoms with Gasteiger partial charge in [-0.1, -0.05) is 20.8 Å². The van der Waals surface area contributed by atoms with E-state index >= 15 is 0 Å². The fraction of sp³-hybridized carbons (Fsp3) is 0.882. The second kappa shape index (κ2) is 7.44. The van der Waals surface area contributed by atoms with Crippen LogP contribution in [0.3, 0.4) is 0 Å². The molecule has 0 aromatic heterocycles. The first-order valence-electron chi connectivity index (χ1n) is 8.52. The van der Waals surface area contributed by atoms with Crippen molar-refractivity contribution in [3.8, 4) is 0 Å². The van der Waals surface area contributed by atoms with Gasteiger partial charge >= 0.3 is 5.97 Å². The third-order valence-corrected chi connectivity index (χ3v) is 5.44. The van der Waals surface area contributed by atoms with Gasteiger partial charge in [0.15, 0.2) is 0 Å². The molecule has 2 heterocycles. The predicted octanol–water partition coefficient (Wildman–Crippen LogP) is 2.40. The SMILES string of the molecule is CC(C)C(C)CC(=O)N1CCC([C@@H]2OCCC2C(=O)O)CC1. The molecule has 22 heavy (non-hydrogen) atoms.